The van der Waals surface area contributed by atoms with Crippen LogP contribution in [0.3, 0.4) is 0 Å². The van der Waals surface area contributed by atoms with E-state index in [0.717, 1.165) is 24.3 Å². The standard InChI is InChI=1S/C25H38N2O10/c1-2-35-20(30)7-8-27-24(32)17-6-5-16-18(10-19(29)23(31)21(16)22(17)25(27)33)26-37-12-14(28)11-34-13-15-4-3-9-36-15/h14-17,19,21-23,28-29,31H,2-13H2,1H3/b26-18+/t14-,15?,16+,17+,19+,21-,22+,23+/m0/s1. The van der Waals surface area contributed by atoms with Crippen LogP contribution >= 0.6 is 0 Å². The van der Waals surface area contributed by atoms with Gasteiger partial charge in [-0.15, -0.1) is 0 Å². The van der Waals surface area contributed by atoms with Crippen molar-refractivity contribution in [3.8, 4) is 0 Å². The molecule has 2 aliphatic carbocycles. The van der Waals surface area contributed by atoms with Crippen LogP contribution in [0.25, 0.3) is 0 Å². The number of oxime groups is 1. The van der Waals surface area contributed by atoms with Crippen LogP contribution in [0.1, 0.15) is 45.4 Å². The number of esters is 1. The summed E-state index contributed by atoms with van der Waals surface area (Å²) in [5, 5.41) is 35.7. The fourth-order valence-corrected chi connectivity index (χ4v) is 6.06. The molecule has 0 aromatic rings. The van der Waals surface area contributed by atoms with E-state index >= 15 is 0 Å². The Kier molecular flexibility index (Phi) is 9.51. The van der Waals surface area contributed by atoms with Crippen LogP contribution < -0.4 is 0 Å². The second kappa shape index (κ2) is 12.6. The molecule has 37 heavy (non-hydrogen) atoms. The van der Waals surface area contributed by atoms with Crippen molar-refractivity contribution in [2.75, 3.05) is 39.6 Å². The molecule has 2 aliphatic heterocycles. The first-order valence-electron chi connectivity index (χ1n) is 13.2. The predicted molar refractivity (Wildman–Crippen MR) is 127 cm³/mol. The van der Waals surface area contributed by atoms with Gasteiger partial charge in [0, 0.05) is 31.4 Å². The molecule has 2 heterocycles. The number of imide groups is 1. The van der Waals surface area contributed by atoms with Crippen LogP contribution in [0.2, 0.25) is 0 Å². The van der Waals surface area contributed by atoms with Gasteiger partial charge in [0.25, 0.3) is 0 Å². The molecule has 2 saturated heterocycles. The lowest BCUT2D eigenvalue weighted by Crippen LogP contribution is -2.54. The fourth-order valence-electron chi connectivity index (χ4n) is 6.06. The van der Waals surface area contributed by atoms with Gasteiger partial charge < -0.3 is 34.4 Å². The topological polar surface area (TPSA) is 164 Å². The molecule has 0 bridgehead atoms. The molecule has 0 spiro atoms. The number of fused-ring (bicyclic) bond motifs is 3. The Bertz CT molecular complexity index is 860. The van der Waals surface area contributed by atoms with E-state index in [1.807, 2.05) is 0 Å². The molecule has 4 fully saturated rings. The molecule has 2 saturated carbocycles. The summed E-state index contributed by atoms with van der Waals surface area (Å²) in [6, 6.07) is 0. The van der Waals surface area contributed by atoms with Gasteiger partial charge in [-0.05, 0) is 32.6 Å². The number of rotatable bonds is 11. The first-order chi connectivity index (χ1) is 17.8. The largest absolute Gasteiger partial charge is 0.466 e. The van der Waals surface area contributed by atoms with Crippen LogP contribution in [0.4, 0.5) is 0 Å². The molecule has 1 unspecified atom stereocenters. The molecule has 0 aromatic heterocycles. The minimum Gasteiger partial charge on any atom is -0.466 e. The summed E-state index contributed by atoms with van der Waals surface area (Å²) in [6.45, 7) is 2.91. The first kappa shape index (κ1) is 27.9. The number of amides is 2. The van der Waals surface area contributed by atoms with Gasteiger partial charge in [-0.1, -0.05) is 5.16 Å². The van der Waals surface area contributed by atoms with Crippen molar-refractivity contribution in [3.63, 3.8) is 0 Å². The van der Waals surface area contributed by atoms with Gasteiger partial charge in [-0.25, -0.2) is 0 Å². The highest BCUT2D eigenvalue weighted by Gasteiger charge is 2.59. The van der Waals surface area contributed by atoms with E-state index in [0.29, 0.717) is 25.2 Å². The number of ether oxygens (including phenoxy) is 3. The van der Waals surface area contributed by atoms with E-state index in [4.69, 9.17) is 19.0 Å². The average molecular weight is 527 g/mol. The summed E-state index contributed by atoms with van der Waals surface area (Å²) in [7, 11) is 0. The lowest BCUT2D eigenvalue weighted by molar-refractivity contribution is -0.145. The normalized spacial score (nSPS) is 35.4. The van der Waals surface area contributed by atoms with Crippen molar-refractivity contribution in [3.05, 3.63) is 0 Å². The molecule has 0 aromatic carbocycles. The molecule has 8 atom stereocenters. The molecule has 12 nitrogen and oxygen atoms in total. The van der Waals surface area contributed by atoms with E-state index in [9.17, 15) is 29.7 Å². The first-order valence-corrected chi connectivity index (χ1v) is 13.2. The quantitative estimate of drug-likeness (QED) is 0.184. The third-order valence-electron chi connectivity index (χ3n) is 7.80. The second-order valence-electron chi connectivity index (χ2n) is 10.2. The van der Waals surface area contributed by atoms with E-state index < -0.39 is 47.9 Å². The lowest BCUT2D eigenvalue weighted by Gasteiger charge is -2.45. The lowest BCUT2D eigenvalue weighted by atomic mass is 9.60. The number of carbonyl (C=O) groups is 3. The van der Waals surface area contributed by atoms with E-state index in [1.54, 1.807) is 6.92 Å². The van der Waals surface area contributed by atoms with Gasteiger partial charge in [0.1, 0.15) is 12.7 Å². The Labute approximate surface area is 215 Å². The van der Waals surface area contributed by atoms with Crippen molar-refractivity contribution < 1.29 is 48.8 Å². The number of nitrogens with zero attached hydrogens (tertiary/aromatic N) is 2. The smallest absolute Gasteiger partial charge is 0.307 e. The number of aliphatic hydroxyl groups is 3. The molecule has 2 amide bonds. The van der Waals surface area contributed by atoms with Crippen molar-refractivity contribution >= 4 is 23.5 Å². The summed E-state index contributed by atoms with van der Waals surface area (Å²) in [5.41, 5.74) is 0.499. The summed E-state index contributed by atoms with van der Waals surface area (Å²) < 4.78 is 15.9. The second-order valence-corrected chi connectivity index (χ2v) is 10.2. The van der Waals surface area contributed by atoms with E-state index in [1.165, 1.54) is 0 Å². The zero-order chi connectivity index (χ0) is 26.5. The Hall–Kier alpha value is -2.12. The number of carbonyl (C=O) groups excluding carboxylic acids is 3. The van der Waals surface area contributed by atoms with Gasteiger partial charge in [-0.3, -0.25) is 19.3 Å². The highest BCUT2D eigenvalue weighted by molar-refractivity contribution is 6.06. The van der Waals surface area contributed by atoms with Crippen molar-refractivity contribution in [2.45, 2.75) is 69.9 Å². The van der Waals surface area contributed by atoms with Crippen molar-refractivity contribution in [2.24, 2.45) is 28.8 Å². The molecular formula is C25H38N2O10. The van der Waals surface area contributed by atoms with Crippen LogP contribution in [-0.2, 0) is 33.4 Å². The number of hydrogen-bond donors (Lipinski definition) is 3. The zero-order valence-corrected chi connectivity index (χ0v) is 21.2. The van der Waals surface area contributed by atoms with Gasteiger partial charge in [0.05, 0.1) is 62.1 Å². The van der Waals surface area contributed by atoms with Crippen LogP contribution in [0.5, 0.6) is 0 Å². The van der Waals surface area contributed by atoms with E-state index in [-0.39, 0.29) is 57.1 Å². The third-order valence-corrected chi connectivity index (χ3v) is 7.80. The average Bonchev–Trinajstić information content (AvgIpc) is 3.47. The SMILES string of the molecule is CCOC(=O)CCN1C(=O)[C@H]2[C@H]3[C@H](O)[C@H](O)C/C(=N\OC[C@@H](O)COCC4CCCO4)[C@H]3CC[C@H]2C1=O. The predicted octanol–water partition coefficient (Wildman–Crippen LogP) is -0.378. The summed E-state index contributed by atoms with van der Waals surface area (Å²) in [4.78, 5) is 44.5. The number of likely N-dealkylation sites (tertiary alicyclic amines) is 1. The Morgan fingerprint density at radius 2 is 1.95 bits per heavy atom. The molecule has 4 rings (SSSR count). The Morgan fingerprint density at radius 1 is 1.16 bits per heavy atom. The minimum atomic E-state index is -1.20. The van der Waals surface area contributed by atoms with Crippen molar-refractivity contribution in [1.82, 2.24) is 4.90 Å². The molecular weight excluding hydrogens is 488 g/mol. The van der Waals surface area contributed by atoms with Gasteiger partial charge in [0.2, 0.25) is 11.8 Å². The molecule has 12 heteroatoms. The maximum absolute atomic E-state index is 13.3. The molecule has 4 aliphatic rings. The number of hydrogen-bond acceptors (Lipinski definition) is 11. The fraction of sp³-hybridized carbons (Fsp3) is 0.840. The summed E-state index contributed by atoms with van der Waals surface area (Å²) >= 11 is 0. The number of aliphatic hydroxyl groups excluding tert-OH is 3. The minimum absolute atomic E-state index is 0.0573. The highest BCUT2D eigenvalue weighted by atomic mass is 16.6. The highest BCUT2D eigenvalue weighted by Crippen LogP contribution is 2.49. The molecule has 0 radical (unpaired) electrons. The van der Waals surface area contributed by atoms with Gasteiger partial charge in [0.15, 0.2) is 0 Å². The van der Waals surface area contributed by atoms with Crippen molar-refractivity contribution in [1.29, 1.82) is 0 Å². The van der Waals surface area contributed by atoms with Crippen LogP contribution in [-0.4, -0.2) is 108 Å². The molecule has 3 N–H and O–H groups in total. The Morgan fingerprint density at radius 3 is 2.68 bits per heavy atom. The molecule has 208 valence electrons. The van der Waals surface area contributed by atoms with Gasteiger partial charge >= 0.3 is 5.97 Å². The van der Waals surface area contributed by atoms with Gasteiger partial charge in [-0.2, -0.15) is 0 Å². The Balaban J connectivity index is 1.36. The third kappa shape index (κ3) is 6.31. The summed E-state index contributed by atoms with van der Waals surface area (Å²) in [5.74, 6) is -3.76. The maximum atomic E-state index is 13.3. The van der Waals surface area contributed by atoms with E-state index in [2.05, 4.69) is 5.16 Å². The maximum Gasteiger partial charge on any atom is 0.307 e. The monoisotopic (exact) mass is 526 g/mol. The summed E-state index contributed by atoms with van der Waals surface area (Å²) in [6.07, 6.45) is -0.370. The van der Waals surface area contributed by atoms with Crippen LogP contribution in [0.15, 0.2) is 5.16 Å². The zero-order valence-electron chi connectivity index (χ0n) is 21.2. The van der Waals surface area contributed by atoms with Crippen LogP contribution in [0, 0.1) is 23.7 Å².